The summed E-state index contributed by atoms with van der Waals surface area (Å²) in [4.78, 5) is 11.8. The summed E-state index contributed by atoms with van der Waals surface area (Å²) < 4.78 is 10.7. The number of nitrogens with one attached hydrogen (secondary N) is 1. The number of carbonyl (C=O) groups excluding carboxylic acids is 1. The van der Waals surface area contributed by atoms with Crippen LogP contribution in [0.3, 0.4) is 0 Å². The first kappa shape index (κ1) is 13.8. The minimum Gasteiger partial charge on any atom is -0.508 e. The average molecular weight is 265 g/mol. The fraction of sp³-hybridized carbons (Fsp3) is 0.500. The lowest BCUT2D eigenvalue weighted by molar-refractivity contribution is -0.122. The summed E-state index contributed by atoms with van der Waals surface area (Å²) in [5.41, 5.74) is 0.390. The van der Waals surface area contributed by atoms with Crippen LogP contribution in [0.5, 0.6) is 5.75 Å². The normalized spacial score (nSPS) is 22.4. The highest BCUT2D eigenvalue weighted by Crippen LogP contribution is 2.21. The maximum Gasteiger partial charge on any atom is 0.224 e. The van der Waals surface area contributed by atoms with E-state index < -0.39 is 5.60 Å². The molecular weight excluding hydrogens is 246 g/mol. The van der Waals surface area contributed by atoms with E-state index in [1.807, 2.05) is 6.07 Å². The number of hydrogen-bond donors (Lipinski definition) is 2. The summed E-state index contributed by atoms with van der Waals surface area (Å²) in [6.07, 6.45) is 1.03. The van der Waals surface area contributed by atoms with Crippen molar-refractivity contribution in [2.24, 2.45) is 0 Å². The molecule has 2 N–H and O–H groups in total. The van der Waals surface area contributed by atoms with Gasteiger partial charge >= 0.3 is 0 Å². The van der Waals surface area contributed by atoms with Crippen LogP contribution in [0.25, 0.3) is 0 Å². The number of carbonyl (C=O) groups is 1. The van der Waals surface area contributed by atoms with Crippen molar-refractivity contribution in [2.45, 2.75) is 18.4 Å². The van der Waals surface area contributed by atoms with Crippen LogP contribution in [-0.2, 0) is 20.7 Å². The van der Waals surface area contributed by atoms with E-state index in [-0.39, 0.29) is 18.1 Å². The largest absolute Gasteiger partial charge is 0.508 e. The molecule has 0 radical (unpaired) electrons. The second-order valence-corrected chi connectivity index (χ2v) is 4.81. The second kappa shape index (κ2) is 6.04. The van der Waals surface area contributed by atoms with Crippen molar-refractivity contribution < 1.29 is 19.4 Å². The standard InChI is InChI=1S/C14H19NO4/c1-18-14(5-6-19-10-14)9-15-13(17)8-11-3-2-4-12(16)7-11/h2-4,7,16H,5-6,8-10H2,1H3,(H,15,17). The van der Waals surface area contributed by atoms with Crippen molar-refractivity contribution in [3.63, 3.8) is 0 Å². The summed E-state index contributed by atoms with van der Waals surface area (Å²) in [5.74, 6) is 0.0804. The van der Waals surface area contributed by atoms with Gasteiger partial charge in [0.05, 0.1) is 13.0 Å². The Bertz CT molecular complexity index is 441. The molecule has 0 aliphatic carbocycles. The van der Waals surface area contributed by atoms with Crippen molar-refractivity contribution in [1.29, 1.82) is 0 Å². The quantitative estimate of drug-likeness (QED) is 0.828. The molecule has 0 saturated carbocycles. The summed E-state index contributed by atoms with van der Waals surface area (Å²) >= 11 is 0. The highest BCUT2D eigenvalue weighted by molar-refractivity contribution is 5.78. The van der Waals surface area contributed by atoms with Gasteiger partial charge in [-0.15, -0.1) is 0 Å². The molecule has 1 amide bonds. The Hall–Kier alpha value is -1.59. The summed E-state index contributed by atoms with van der Waals surface area (Å²) in [6.45, 7) is 1.62. The molecule has 104 valence electrons. The zero-order chi connectivity index (χ0) is 13.7. The highest BCUT2D eigenvalue weighted by Gasteiger charge is 2.35. The smallest absolute Gasteiger partial charge is 0.224 e. The van der Waals surface area contributed by atoms with E-state index in [9.17, 15) is 9.90 Å². The van der Waals surface area contributed by atoms with Gasteiger partial charge in [0.1, 0.15) is 11.4 Å². The molecule has 1 atom stereocenters. The van der Waals surface area contributed by atoms with Crippen molar-refractivity contribution in [3.8, 4) is 5.75 Å². The van der Waals surface area contributed by atoms with Gasteiger partial charge in [-0.3, -0.25) is 4.79 Å². The van der Waals surface area contributed by atoms with E-state index in [0.29, 0.717) is 19.8 Å². The van der Waals surface area contributed by atoms with Crippen molar-refractivity contribution >= 4 is 5.91 Å². The minimum atomic E-state index is -0.394. The molecule has 0 aromatic heterocycles. The van der Waals surface area contributed by atoms with Crippen LogP contribution in [0, 0.1) is 0 Å². The van der Waals surface area contributed by atoms with Crippen LogP contribution in [0.2, 0.25) is 0 Å². The maximum atomic E-state index is 11.8. The van der Waals surface area contributed by atoms with Crippen LogP contribution >= 0.6 is 0 Å². The van der Waals surface area contributed by atoms with Gasteiger partial charge in [0.25, 0.3) is 0 Å². The van der Waals surface area contributed by atoms with E-state index in [1.54, 1.807) is 25.3 Å². The minimum absolute atomic E-state index is 0.0890. The molecule has 1 aliphatic rings. The number of methoxy groups -OCH3 is 1. The van der Waals surface area contributed by atoms with Gasteiger partial charge in [-0.05, 0) is 17.7 Å². The molecule has 1 saturated heterocycles. The van der Waals surface area contributed by atoms with Gasteiger partial charge in [-0.2, -0.15) is 0 Å². The van der Waals surface area contributed by atoms with E-state index in [4.69, 9.17) is 9.47 Å². The molecule has 0 spiro atoms. The SMILES string of the molecule is COC1(CNC(=O)Cc2cccc(O)c2)CCOC1. The Morgan fingerprint density at radius 2 is 2.42 bits per heavy atom. The number of phenolic OH excluding ortho intramolecular Hbond substituents is 1. The van der Waals surface area contributed by atoms with Gasteiger partial charge in [0.15, 0.2) is 0 Å². The van der Waals surface area contributed by atoms with Crippen molar-refractivity contribution in [2.75, 3.05) is 26.9 Å². The van der Waals surface area contributed by atoms with E-state index >= 15 is 0 Å². The third kappa shape index (κ3) is 3.68. The fourth-order valence-electron chi connectivity index (χ4n) is 2.14. The number of rotatable bonds is 5. The van der Waals surface area contributed by atoms with E-state index in [0.717, 1.165) is 12.0 Å². The number of hydrogen-bond acceptors (Lipinski definition) is 4. The zero-order valence-electron chi connectivity index (χ0n) is 11.0. The lowest BCUT2D eigenvalue weighted by Crippen LogP contribution is -2.45. The average Bonchev–Trinajstić information content (AvgIpc) is 2.86. The van der Waals surface area contributed by atoms with Gasteiger partial charge < -0.3 is 19.9 Å². The van der Waals surface area contributed by atoms with Crippen LogP contribution in [0.1, 0.15) is 12.0 Å². The first-order chi connectivity index (χ1) is 9.13. The van der Waals surface area contributed by atoms with Crippen LogP contribution < -0.4 is 5.32 Å². The fourth-order valence-corrected chi connectivity index (χ4v) is 2.14. The number of aromatic hydroxyl groups is 1. The molecule has 5 heteroatoms. The van der Waals surface area contributed by atoms with Gasteiger partial charge in [0, 0.05) is 26.7 Å². The Morgan fingerprint density at radius 3 is 3.05 bits per heavy atom. The topological polar surface area (TPSA) is 67.8 Å². The number of ether oxygens (including phenoxy) is 2. The third-order valence-electron chi connectivity index (χ3n) is 3.38. The van der Waals surface area contributed by atoms with Crippen molar-refractivity contribution in [1.82, 2.24) is 5.32 Å². The number of amides is 1. The van der Waals surface area contributed by atoms with Crippen LogP contribution in [0.4, 0.5) is 0 Å². The molecule has 2 rings (SSSR count). The molecule has 1 unspecified atom stereocenters. The van der Waals surface area contributed by atoms with Gasteiger partial charge in [-0.1, -0.05) is 12.1 Å². The lowest BCUT2D eigenvalue weighted by atomic mass is 10.0. The van der Waals surface area contributed by atoms with E-state index in [2.05, 4.69) is 5.32 Å². The number of phenols is 1. The lowest BCUT2D eigenvalue weighted by Gasteiger charge is -2.25. The zero-order valence-corrected chi connectivity index (χ0v) is 11.0. The Balaban J connectivity index is 1.84. The molecule has 1 fully saturated rings. The Kier molecular flexibility index (Phi) is 4.39. The molecule has 1 aromatic rings. The molecule has 1 heterocycles. The van der Waals surface area contributed by atoms with E-state index in [1.165, 1.54) is 0 Å². The predicted molar refractivity (Wildman–Crippen MR) is 70.0 cm³/mol. The van der Waals surface area contributed by atoms with Gasteiger partial charge in [0.2, 0.25) is 5.91 Å². The van der Waals surface area contributed by atoms with Crippen LogP contribution in [0.15, 0.2) is 24.3 Å². The molecule has 1 aromatic carbocycles. The monoisotopic (exact) mass is 265 g/mol. The Morgan fingerprint density at radius 1 is 1.58 bits per heavy atom. The van der Waals surface area contributed by atoms with Crippen molar-refractivity contribution in [3.05, 3.63) is 29.8 Å². The van der Waals surface area contributed by atoms with Gasteiger partial charge in [-0.25, -0.2) is 0 Å². The summed E-state index contributed by atoms with van der Waals surface area (Å²) in [7, 11) is 1.63. The summed E-state index contributed by atoms with van der Waals surface area (Å²) in [6, 6.07) is 6.70. The van der Waals surface area contributed by atoms with Crippen LogP contribution in [-0.4, -0.2) is 43.5 Å². The molecule has 5 nitrogen and oxygen atoms in total. The molecule has 0 bridgehead atoms. The highest BCUT2D eigenvalue weighted by atomic mass is 16.5. The molecule has 1 aliphatic heterocycles. The summed E-state index contributed by atoms with van der Waals surface area (Å²) in [5, 5.41) is 12.2. The number of benzene rings is 1. The maximum absolute atomic E-state index is 11.8. The first-order valence-electron chi connectivity index (χ1n) is 6.31. The molecule has 19 heavy (non-hydrogen) atoms. The molecular formula is C14H19NO4. The third-order valence-corrected chi connectivity index (χ3v) is 3.38. The first-order valence-corrected chi connectivity index (χ1v) is 6.31. The predicted octanol–water partition coefficient (Wildman–Crippen LogP) is 0.856. The second-order valence-electron chi connectivity index (χ2n) is 4.81. The Labute approximate surface area is 112 Å².